The van der Waals surface area contributed by atoms with Gasteiger partial charge in [-0.15, -0.1) is 0 Å². The van der Waals surface area contributed by atoms with Crippen LogP contribution in [0, 0.1) is 5.92 Å². The van der Waals surface area contributed by atoms with Crippen molar-refractivity contribution in [1.29, 1.82) is 0 Å². The molecule has 0 saturated carbocycles. The Kier molecular flexibility index (Phi) is 7.52. The fourth-order valence-electron chi connectivity index (χ4n) is 2.96. The number of benzene rings is 1. The maximum absolute atomic E-state index is 12.2. The van der Waals surface area contributed by atoms with E-state index in [0.29, 0.717) is 18.5 Å². The molecule has 2 N–H and O–H groups in total. The number of urea groups is 1. The van der Waals surface area contributed by atoms with Crippen LogP contribution in [0.2, 0.25) is 0 Å². The summed E-state index contributed by atoms with van der Waals surface area (Å²) < 4.78 is 11.0. The second kappa shape index (κ2) is 9.63. The minimum absolute atomic E-state index is 0.135. The molecule has 0 aromatic heterocycles. The summed E-state index contributed by atoms with van der Waals surface area (Å²) in [6.07, 6.45) is 0.135. The van der Waals surface area contributed by atoms with E-state index in [1.54, 1.807) is 0 Å². The molecule has 0 radical (unpaired) electrons. The zero-order valence-corrected chi connectivity index (χ0v) is 15.7. The fourth-order valence-corrected chi connectivity index (χ4v) is 2.96. The van der Waals surface area contributed by atoms with E-state index in [4.69, 9.17) is 9.47 Å². The van der Waals surface area contributed by atoms with E-state index in [1.807, 2.05) is 38.1 Å². The van der Waals surface area contributed by atoms with Crippen LogP contribution in [0.15, 0.2) is 24.3 Å². The molecule has 140 valence electrons. The summed E-state index contributed by atoms with van der Waals surface area (Å²) in [5.41, 5.74) is 0.751. The van der Waals surface area contributed by atoms with Crippen LogP contribution in [0.25, 0.3) is 0 Å². The van der Waals surface area contributed by atoms with Gasteiger partial charge in [-0.1, -0.05) is 13.8 Å². The lowest BCUT2D eigenvalue weighted by Crippen LogP contribution is -2.51. The molecule has 2 amide bonds. The minimum atomic E-state index is -0.184. The molecular weight excluding hydrogens is 318 g/mol. The number of anilines is 1. The highest BCUT2D eigenvalue weighted by molar-refractivity contribution is 5.89. The van der Waals surface area contributed by atoms with Gasteiger partial charge in [0, 0.05) is 31.4 Å². The normalized spacial score (nSPS) is 16.7. The molecule has 1 aromatic carbocycles. The third-order valence-corrected chi connectivity index (χ3v) is 4.24. The molecular formula is C19H31N3O3. The van der Waals surface area contributed by atoms with Crippen LogP contribution in [0.1, 0.15) is 27.7 Å². The standard InChI is InChI=1S/C19H31N3O3/c1-14(2)18(22-9-11-24-12-10-22)13-20-19(23)21-16-5-7-17(8-6-16)25-15(3)4/h5-8,14-15,18H,9-13H2,1-4H3,(H2,20,21,23). The number of hydrogen-bond donors (Lipinski definition) is 2. The Labute approximate surface area is 150 Å². The lowest BCUT2D eigenvalue weighted by molar-refractivity contribution is 0.00728. The fraction of sp³-hybridized carbons (Fsp3) is 0.632. The molecule has 25 heavy (non-hydrogen) atoms. The molecule has 1 fully saturated rings. The average molecular weight is 349 g/mol. The van der Waals surface area contributed by atoms with Crippen molar-refractivity contribution in [2.24, 2.45) is 5.92 Å². The Bertz CT molecular complexity index is 525. The van der Waals surface area contributed by atoms with Gasteiger partial charge in [0.15, 0.2) is 0 Å². The van der Waals surface area contributed by atoms with Gasteiger partial charge in [-0.2, -0.15) is 0 Å². The zero-order valence-electron chi connectivity index (χ0n) is 15.7. The van der Waals surface area contributed by atoms with Crippen LogP contribution in [0.3, 0.4) is 0 Å². The summed E-state index contributed by atoms with van der Waals surface area (Å²) in [5, 5.41) is 5.86. The maximum atomic E-state index is 12.2. The van der Waals surface area contributed by atoms with Gasteiger partial charge in [-0.05, 0) is 44.0 Å². The third kappa shape index (κ3) is 6.55. The largest absolute Gasteiger partial charge is 0.491 e. The molecule has 0 spiro atoms. The van der Waals surface area contributed by atoms with Crippen LogP contribution in [0.4, 0.5) is 10.5 Å². The van der Waals surface area contributed by atoms with Gasteiger partial charge in [0.1, 0.15) is 5.75 Å². The number of carbonyl (C=O) groups excluding carboxylic acids is 1. The number of rotatable bonds is 7. The van der Waals surface area contributed by atoms with Crippen molar-refractivity contribution in [2.75, 3.05) is 38.2 Å². The first-order valence-electron chi connectivity index (χ1n) is 9.09. The second-order valence-electron chi connectivity index (χ2n) is 6.99. The van der Waals surface area contributed by atoms with Gasteiger partial charge < -0.3 is 20.1 Å². The van der Waals surface area contributed by atoms with E-state index in [-0.39, 0.29) is 12.1 Å². The van der Waals surface area contributed by atoms with Crippen molar-refractivity contribution < 1.29 is 14.3 Å². The molecule has 6 nitrogen and oxygen atoms in total. The summed E-state index contributed by atoms with van der Waals surface area (Å²) >= 11 is 0. The number of hydrogen-bond acceptors (Lipinski definition) is 4. The number of morpholine rings is 1. The van der Waals surface area contributed by atoms with Crippen molar-refractivity contribution in [1.82, 2.24) is 10.2 Å². The average Bonchev–Trinajstić information content (AvgIpc) is 2.57. The van der Waals surface area contributed by atoms with Crippen molar-refractivity contribution >= 4 is 11.7 Å². The number of carbonyl (C=O) groups is 1. The van der Waals surface area contributed by atoms with Crippen LogP contribution in [0.5, 0.6) is 5.75 Å². The molecule has 1 unspecified atom stereocenters. The number of nitrogens with zero attached hydrogens (tertiary/aromatic N) is 1. The highest BCUT2D eigenvalue weighted by atomic mass is 16.5. The lowest BCUT2D eigenvalue weighted by Gasteiger charge is -2.36. The van der Waals surface area contributed by atoms with E-state index in [9.17, 15) is 4.79 Å². The summed E-state index contributed by atoms with van der Waals surface area (Å²) in [4.78, 5) is 14.6. The van der Waals surface area contributed by atoms with Crippen LogP contribution in [-0.2, 0) is 4.74 Å². The first kappa shape index (κ1) is 19.5. The Balaban J connectivity index is 1.82. The van der Waals surface area contributed by atoms with E-state index in [0.717, 1.165) is 37.7 Å². The van der Waals surface area contributed by atoms with Crippen LogP contribution < -0.4 is 15.4 Å². The lowest BCUT2D eigenvalue weighted by atomic mass is 10.0. The Morgan fingerprint density at radius 1 is 1.16 bits per heavy atom. The first-order valence-corrected chi connectivity index (χ1v) is 9.09. The molecule has 1 aromatic rings. The second-order valence-corrected chi connectivity index (χ2v) is 6.99. The molecule has 0 aliphatic carbocycles. The monoisotopic (exact) mass is 349 g/mol. The van der Waals surface area contributed by atoms with Gasteiger partial charge in [0.05, 0.1) is 19.3 Å². The molecule has 1 aliphatic rings. The van der Waals surface area contributed by atoms with Crippen LogP contribution >= 0.6 is 0 Å². The van der Waals surface area contributed by atoms with Crippen molar-refractivity contribution in [3.8, 4) is 5.75 Å². The van der Waals surface area contributed by atoms with Gasteiger partial charge in [-0.3, -0.25) is 4.90 Å². The summed E-state index contributed by atoms with van der Waals surface area (Å²) in [6, 6.07) is 7.55. The summed E-state index contributed by atoms with van der Waals surface area (Å²) in [6.45, 7) is 12.3. The van der Waals surface area contributed by atoms with E-state index in [2.05, 4.69) is 29.4 Å². The molecule has 0 bridgehead atoms. The Morgan fingerprint density at radius 2 is 1.80 bits per heavy atom. The van der Waals surface area contributed by atoms with Gasteiger partial charge in [0.25, 0.3) is 0 Å². The molecule has 1 aliphatic heterocycles. The Morgan fingerprint density at radius 3 is 2.36 bits per heavy atom. The van der Waals surface area contributed by atoms with Crippen molar-refractivity contribution in [3.63, 3.8) is 0 Å². The third-order valence-electron chi connectivity index (χ3n) is 4.24. The molecule has 6 heteroatoms. The van der Waals surface area contributed by atoms with Gasteiger partial charge >= 0.3 is 6.03 Å². The van der Waals surface area contributed by atoms with Crippen molar-refractivity contribution in [3.05, 3.63) is 24.3 Å². The topological polar surface area (TPSA) is 62.8 Å². The predicted molar refractivity (Wildman–Crippen MR) is 100 cm³/mol. The van der Waals surface area contributed by atoms with E-state index in [1.165, 1.54) is 0 Å². The number of ether oxygens (including phenoxy) is 2. The highest BCUT2D eigenvalue weighted by Gasteiger charge is 2.24. The zero-order chi connectivity index (χ0) is 18.2. The highest BCUT2D eigenvalue weighted by Crippen LogP contribution is 2.17. The molecule has 2 rings (SSSR count). The smallest absolute Gasteiger partial charge is 0.319 e. The van der Waals surface area contributed by atoms with Gasteiger partial charge in [-0.25, -0.2) is 4.79 Å². The molecule has 1 saturated heterocycles. The molecule has 1 atom stereocenters. The van der Waals surface area contributed by atoms with Crippen LogP contribution in [-0.4, -0.2) is 55.9 Å². The van der Waals surface area contributed by atoms with E-state index >= 15 is 0 Å². The Hall–Kier alpha value is -1.79. The van der Waals surface area contributed by atoms with E-state index < -0.39 is 0 Å². The number of nitrogens with one attached hydrogen (secondary N) is 2. The SMILES string of the molecule is CC(C)Oc1ccc(NC(=O)NCC(C(C)C)N2CCOCC2)cc1. The van der Waals surface area contributed by atoms with Crippen molar-refractivity contribution in [2.45, 2.75) is 39.8 Å². The predicted octanol–water partition coefficient (Wildman–Crippen LogP) is 2.95. The maximum Gasteiger partial charge on any atom is 0.319 e. The quantitative estimate of drug-likeness (QED) is 0.794. The number of amides is 2. The summed E-state index contributed by atoms with van der Waals surface area (Å²) in [5.74, 6) is 1.26. The first-order chi connectivity index (χ1) is 12.0. The minimum Gasteiger partial charge on any atom is -0.491 e. The summed E-state index contributed by atoms with van der Waals surface area (Å²) in [7, 11) is 0. The van der Waals surface area contributed by atoms with Gasteiger partial charge in [0.2, 0.25) is 0 Å². The molecule has 1 heterocycles.